The molecule has 0 aromatic carbocycles. The molecule has 0 radical (unpaired) electrons. The van der Waals surface area contributed by atoms with E-state index in [1.165, 1.54) is 4.90 Å². The summed E-state index contributed by atoms with van der Waals surface area (Å²) < 4.78 is 37.2. The molecule has 4 nitrogen and oxygen atoms in total. The number of hydrogen-bond donors (Lipinski definition) is 1. The van der Waals surface area contributed by atoms with E-state index in [0.717, 1.165) is 25.0 Å². The number of nitrogens with zero attached hydrogens (tertiary/aromatic N) is 2. The number of amides is 1. The van der Waals surface area contributed by atoms with Crippen molar-refractivity contribution in [3.8, 4) is 0 Å². The Hall–Kier alpha value is -1.63. The molecule has 0 saturated heterocycles. The van der Waals surface area contributed by atoms with Crippen LogP contribution in [0.25, 0.3) is 0 Å². The van der Waals surface area contributed by atoms with Crippen molar-refractivity contribution < 1.29 is 18.0 Å². The van der Waals surface area contributed by atoms with Crippen molar-refractivity contribution in [1.82, 2.24) is 9.88 Å². The second kappa shape index (κ2) is 7.23. The number of aromatic nitrogens is 1. The van der Waals surface area contributed by atoms with E-state index in [1.54, 1.807) is 0 Å². The average molecular weight is 289 g/mol. The monoisotopic (exact) mass is 289 g/mol. The molecule has 1 aromatic rings. The zero-order valence-electron chi connectivity index (χ0n) is 11.3. The molecular weight excluding hydrogens is 271 g/mol. The molecule has 0 fully saturated rings. The van der Waals surface area contributed by atoms with Crippen LogP contribution < -0.4 is 5.73 Å². The summed E-state index contributed by atoms with van der Waals surface area (Å²) in [5.74, 6) is -0.391. The standard InChI is InChI=1S/C13H18F3N3O/c1-2-3-7-19(8-6-17)12(20)11-5-4-10(9-18-11)13(14,15)16/h4-5,9H,2-3,6-8,17H2,1H3. The number of rotatable bonds is 6. The van der Waals surface area contributed by atoms with Gasteiger partial charge in [0.05, 0.1) is 5.56 Å². The highest BCUT2D eigenvalue weighted by atomic mass is 19.4. The lowest BCUT2D eigenvalue weighted by Crippen LogP contribution is -2.36. The van der Waals surface area contributed by atoms with Crippen molar-refractivity contribution in [3.05, 3.63) is 29.6 Å². The molecule has 0 atom stereocenters. The van der Waals surface area contributed by atoms with E-state index in [9.17, 15) is 18.0 Å². The molecule has 0 aliphatic rings. The summed E-state index contributed by atoms with van der Waals surface area (Å²) in [5.41, 5.74) is 4.57. The van der Waals surface area contributed by atoms with Crippen molar-refractivity contribution in [2.75, 3.05) is 19.6 Å². The predicted octanol–water partition coefficient (Wildman–Crippen LogP) is 2.30. The van der Waals surface area contributed by atoms with Crippen LogP contribution in [0.1, 0.15) is 35.8 Å². The predicted molar refractivity (Wildman–Crippen MR) is 69.1 cm³/mol. The van der Waals surface area contributed by atoms with Gasteiger partial charge in [0.1, 0.15) is 5.69 Å². The van der Waals surface area contributed by atoms with Gasteiger partial charge < -0.3 is 10.6 Å². The van der Waals surface area contributed by atoms with E-state index in [0.29, 0.717) is 25.8 Å². The summed E-state index contributed by atoms with van der Waals surface area (Å²) in [5, 5.41) is 0. The first kappa shape index (κ1) is 16.4. The van der Waals surface area contributed by atoms with E-state index in [1.807, 2.05) is 6.92 Å². The number of nitrogens with two attached hydrogens (primary N) is 1. The lowest BCUT2D eigenvalue weighted by atomic mass is 10.2. The minimum absolute atomic E-state index is 0.00236. The molecule has 2 N–H and O–H groups in total. The number of carbonyl (C=O) groups excluding carboxylic acids is 1. The van der Waals surface area contributed by atoms with Gasteiger partial charge >= 0.3 is 6.18 Å². The lowest BCUT2D eigenvalue weighted by molar-refractivity contribution is -0.137. The van der Waals surface area contributed by atoms with Gasteiger partial charge in [-0.1, -0.05) is 13.3 Å². The Labute approximate surface area is 115 Å². The fourth-order valence-electron chi connectivity index (χ4n) is 1.67. The Bertz CT molecular complexity index is 431. The molecule has 1 rings (SSSR count). The van der Waals surface area contributed by atoms with Crippen LogP contribution in [-0.4, -0.2) is 35.4 Å². The Kier molecular flexibility index (Phi) is 5.94. The first-order valence-corrected chi connectivity index (χ1v) is 6.42. The largest absolute Gasteiger partial charge is 0.417 e. The maximum absolute atomic E-state index is 12.4. The Morgan fingerprint density at radius 2 is 2.05 bits per heavy atom. The fourth-order valence-corrected chi connectivity index (χ4v) is 1.67. The molecule has 0 aliphatic carbocycles. The van der Waals surface area contributed by atoms with Crippen LogP contribution in [0.2, 0.25) is 0 Å². The maximum Gasteiger partial charge on any atom is 0.417 e. The van der Waals surface area contributed by atoms with Gasteiger partial charge in [-0.25, -0.2) is 0 Å². The van der Waals surface area contributed by atoms with Crippen LogP contribution in [0.3, 0.4) is 0 Å². The van der Waals surface area contributed by atoms with Crippen molar-refractivity contribution >= 4 is 5.91 Å². The lowest BCUT2D eigenvalue weighted by Gasteiger charge is -2.21. The van der Waals surface area contributed by atoms with Crippen molar-refractivity contribution in [2.24, 2.45) is 5.73 Å². The van der Waals surface area contributed by atoms with Gasteiger partial charge in [0.2, 0.25) is 0 Å². The topological polar surface area (TPSA) is 59.2 Å². The molecular formula is C13H18F3N3O. The highest BCUT2D eigenvalue weighted by Crippen LogP contribution is 2.28. The molecule has 0 aliphatic heterocycles. The maximum atomic E-state index is 12.4. The number of hydrogen-bond acceptors (Lipinski definition) is 3. The molecule has 112 valence electrons. The van der Waals surface area contributed by atoms with Crippen LogP contribution in [0, 0.1) is 0 Å². The van der Waals surface area contributed by atoms with Crippen LogP contribution in [0.4, 0.5) is 13.2 Å². The summed E-state index contributed by atoms with van der Waals surface area (Å²) in [4.78, 5) is 17.2. The summed E-state index contributed by atoms with van der Waals surface area (Å²) >= 11 is 0. The first-order chi connectivity index (χ1) is 9.40. The molecule has 1 aromatic heterocycles. The number of carbonyl (C=O) groups is 1. The molecule has 0 bridgehead atoms. The molecule has 1 heterocycles. The second-order valence-corrected chi connectivity index (χ2v) is 4.36. The quantitative estimate of drug-likeness (QED) is 0.874. The van der Waals surface area contributed by atoms with E-state index < -0.39 is 17.6 Å². The number of alkyl halides is 3. The molecule has 20 heavy (non-hydrogen) atoms. The van der Waals surface area contributed by atoms with Crippen molar-refractivity contribution in [3.63, 3.8) is 0 Å². The number of halogens is 3. The van der Waals surface area contributed by atoms with Gasteiger partial charge in [-0.15, -0.1) is 0 Å². The minimum Gasteiger partial charge on any atom is -0.336 e. The third-order valence-electron chi connectivity index (χ3n) is 2.78. The van der Waals surface area contributed by atoms with E-state index >= 15 is 0 Å². The van der Waals surface area contributed by atoms with Crippen LogP contribution >= 0.6 is 0 Å². The zero-order valence-corrected chi connectivity index (χ0v) is 11.3. The summed E-state index contributed by atoms with van der Waals surface area (Å²) in [7, 11) is 0. The molecule has 1 amide bonds. The minimum atomic E-state index is -4.45. The van der Waals surface area contributed by atoms with Crippen molar-refractivity contribution in [2.45, 2.75) is 25.9 Å². The summed E-state index contributed by atoms with van der Waals surface area (Å²) in [6.07, 6.45) is -2.05. The Morgan fingerprint density at radius 1 is 1.35 bits per heavy atom. The van der Waals surface area contributed by atoms with Crippen LogP contribution in [-0.2, 0) is 6.18 Å². The first-order valence-electron chi connectivity index (χ1n) is 6.42. The molecule has 0 saturated carbocycles. The molecule has 7 heteroatoms. The van der Waals surface area contributed by atoms with Gasteiger partial charge in [0, 0.05) is 25.8 Å². The van der Waals surface area contributed by atoms with E-state index in [-0.39, 0.29) is 5.69 Å². The normalized spacial score (nSPS) is 11.4. The number of unbranched alkanes of at least 4 members (excludes halogenated alkanes) is 1. The third-order valence-corrected chi connectivity index (χ3v) is 2.78. The van der Waals surface area contributed by atoms with E-state index in [4.69, 9.17) is 5.73 Å². The van der Waals surface area contributed by atoms with Gasteiger partial charge in [-0.05, 0) is 18.6 Å². The molecule has 0 spiro atoms. The van der Waals surface area contributed by atoms with Gasteiger partial charge in [-0.3, -0.25) is 9.78 Å². The van der Waals surface area contributed by atoms with Crippen molar-refractivity contribution in [1.29, 1.82) is 0 Å². The number of pyridine rings is 1. The van der Waals surface area contributed by atoms with Crippen LogP contribution in [0.15, 0.2) is 18.3 Å². The van der Waals surface area contributed by atoms with E-state index in [2.05, 4.69) is 4.98 Å². The Balaban J connectivity index is 2.83. The Morgan fingerprint density at radius 3 is 2.50 bits per heavy atom. The highest BCUT2D eigenvalue weighted by Gasteiger charge is 2.31. The summed E-state index contributed by atoms with van der Waals surface area (Å²) in [6.45, 7) is 3.17. The zero-order chi connectivity index (χ0) is 15.2. The van der Waals surface area contributed by atoms with Crippen LogP contribution in [0.5, 0.6) is 0 Å². The molecule has 0 unspecified atom stereocenters. The highest BCUT2D eigenvalue weighted by molar-refractivity contribution is 5.92. The SMILES string of the molecule is CCCCN(CCN)C(=O)c1ccc(C(F)(F)F)cn1. The summed E-state index contributed by atoms with van der Waals surface area (Å²) in [6, 6.07) is 1.96. The smallest absolute Gasteiger partial charge is 0.336 e. The fraction of sp³-hybridized carbons (Fsp3) is 0.538. The second-order valence-electron chi connectivity index (χ2n) is 4.36. The van der Waals surface area contributed by atoms with Gasteiger partial charge in [0.25, 0.3) is 5.91 Å². The average Bonchev–Trinajstić information content (AvgIpc) is 2.42. The van der Waals surface area contributed by atoms with Gasteiger partial charge in [0.15, 0.2) is 0 Å². The third kappa shape index (κ3) is 4.48. The van der Waals surface area contributed by atoms with Gasteiger partial charge in [-0.2, -0.15) is 13.2 Å².